The molecule has 0 aliphatic rings. The summed E-state index contributed by atoms with van der Waals surface area (Å²) in [5.41, 5.74) is -0.205. The summed E-state index contributed by atoms with van der Waals surface area (Å²) >= 11 is 0. The molecule has 1 heterocycles. The molecule has 2 nitrogen and oxygen atoms in total. The van der Waals surface area contributed by atoms with Crippen molar-refractivity contribution in [2.24, 2.45) is 0 Å². The van der Waals surface area contributed by atoms with Crippen molar-refractivity contribution < 1.29 is 5.11 Å². The predicted octanol–water partition coefficient (Wildman–Crippen LogP) is 1.48. The van der Waals surface area contributed by atoms with Crippen molar-refractivity contribution in [3.05, 3.63) is 42.7 Å². The van der Waals surface area contributed by atoms with Crippen LogP contribution in [-0.4, -0.2) is 10.1 Å². The van der Waals surface area contributed by atoms with Crippen LogP contribution in [0, 0.1) is 0 Å². The lowest BCUT2D eigenvalue weighted by molar-refractivity contribution is 0.111. The maximum atomic E-state index is 9.64. The lowest BCUT2D eigenvalue weighted by Gasteiger charge is -2.17. The fourth-order valence-electron chi connectivity index (χ4n) is 0.780. The number of pyridine rings is 1. The predicted molar refractivity (Wildman–Crippen MR) is 44.0 cm³/mol. The molecule has 0 aromatic carbocycles. The smallest absolute Gasteiger partial charge is 0.106 e. The number of aromatic nitrogens is 1. The van der Waals surface area contributed by atoms with E-state index in [0.717, 1.165) is 5.56 Å². The fourth-order valence-corrected chi connectivity index (χ4v) is 0.780. The Morgan fingerprint density at radius 1 is 1.73 bits per heavy atom. The highest BCUT2D eigenvalue weighted by Gasteiger charge is 2.17. The van der Waals surface area contributed by atoms with Gasteiger partial charge in [0, 0.05) is 18.0 Å². The van der Waals surface area contributed by atoms with Gasteiger partial charge in [-0.3, -0.25) is 4.98 Å². The van der Waals surface area contributed by atoms with Gasteiger partial charge >= 0.3 is 0 Å². The minimum Gasteiger partial charge on any atom is -0.381 e. The van der Waals surface area contributed by atoms with Crippen molar-refractivity contribution in [3.8, 4) is 0 Å². The molecule has 0 saturated carbocycles. The van der Waals surface area contributed by atoms with Crippen LogP contribution < -0.4 is 0 Å². The zero-order valence-electron chi connectivity index (χ0n) is 6.49. The summed E-state index contributed by atoms with van der Waals surface area (Å²) in [7, 11) is 0. The van der Waals surface area contributed by atoms with E-state index in [-0.39, 0.29) is 0 Å². The first kappa shape index (κ1) is 7.95. The summed E-state index contributed by atoms with van der Waals surface area (Å²) in [5, 5.41) is 9.64. The van der Waals surface area contributed by atoms with E-state index in [0.29, 0.717) is 0 Å². The third-order valence-electron chi connectivity index (χ3n) is 1.64. The zero-order valence-corrected chi connectivity index (χ0v) is 6.49. The Labute approximate surface area is 66.2 Å². The van der Waals surface area contributed by atoms with Gasteiger partial charge in [0.05, 0.1) is 0 Å². The van der Waals surface area contributed by atoms with Gasteiger partial charge in [0.1, 0.15) is 5.60 Å². The highest BCUT2D eigenvalue weighted by molar-refractivity contribution is 5.21. The van der Waals surface area contributed by atoms with Gasteiger partial charge < -0.3 is 5.11 Å². The molecule has 1 rings (SSSR count). The Kier molecular flexibility index (Phi) is 2.06. The van der Waals surface area contributed by atoms with E-state index in [1.807, 2.05) is 6.07 Å². The summed E-state index contributed by atoms with van der Waals surface area (Å²) in [6, 6.07) is 3.60. The van der Waals surface area contributed by atoms with Gasteiger partial charge in [-0.25, -0.2) is 0 Å². The number of hydrogen-bond acceptors (Lipinski definition) is 2. The van der Waals surface area contributed by atoms with Crippen molar-refractivity contribution in [1.29, 1.82) is 0 Å². The van der Waals surface area contributed by atoms with Gasteiger partial charge in [0.2, 0.25) is 0 Å². The highest BCUT2D eigenvalue weighted by atomic mass is 16.3. The first-order chi connectivity index (χ1) is 5.17. The van der Waals surface area contributed by atoms with Crippen LogP contribution in [0.3, 0.4) is 0 Å². The topological polar surface area (TPSA) is 33.1 Å². The number of rotatable bonds is 2. The minimum absolute atomic E-state index is 0.759. The lowest BCUT2D eigenvalue weighted by Crippen LogP contribution is -2.16. The molecule has 1 aromatic rings. The second-order valence-electron chi connectivity index (χ2n) is 2.59. The molecule has 0 saturated heterocycles. The first-order valence-corrected chi connectivity index (χ1v) is 3.43. The largest absolute Gasteiger partial charge is 0.381 e. The first-order valence-electron chi connectivity index (χ1n) is 3.43. The van der Waals surface area contributed by atoms with Crippen molar-refractivity contribution in [2.75, 3.05) is 0 Å². The molecule has 0 aliphatic carbocycles. The van der Waals surface area contributed by atoms with Crippen molar-refractivity contribution in [3.63, 3.8) is 0 Å². The van der Waals surface area contributed by atoms with Crippen molar-refractivity contribution in [1.82, 2.24) is 4.98 Å². The summed E-state index contributed by atoms with van der Waals surface area (Å²) in [6.45, 7) is 5.21. The van der Waals surface area contributed by atoms with Gasteiger partial charge in [0.15, 0.2) is 0 Å². The minimum atomic E-state index is -0.964. The SMILES string of the molecule is C=CC(C)(O)c1cccnc1. The second kappa shape index (κ2) is 2.84. The van der Waals surface area contributed by atoms with E-state index >= 15 is 0 Å². The molecule has 1 N–H and O–H groups in total. The van der Waals surface area contributed by atoms with E-state index in [4.69, 9.17) is 0 Å². The molecule has 1 unspecified atom stereocenters. The maximum absolute atomic E-state index is 9.64. The molecular formula is C9H11NO. The summed E-state index contributed by atoms with van der Waals surface area (Å²) < 4.78 is 0. The number of hydrogen-bond donors (Lipinski definition) is 1. The highest BCUT2D eigenvalue weighted by Crippen LogP contribution is 2.19. The van der Waals surface area contributed by atoms with Crippen LogP contribution in [0.2, 0.25) is 0 Å². The standard InChI is InChI=1S/C9H11NO/c1-3-9(2,11)8-5-4-6-10-7-8/h3-7,11H,1H2,2H3. The van der Waals surface area contributed by atoms with E-state index in [9.17, 15) is 5.11 Å². The van der Waals surface area contributed by atoms with Crippen molar-refractivity contribution >= 4 is 0 Å². The van der Waals surface area contributed by atoms with Crippen molar-refractivity contribution in [2.45, 2.75) is 12.5 Å². The number of aliphatic hydroxyl groups is 1. The van der Waals surface area contributed by atoms with Gasteiger partial charge in [-0.1, -0.05) is 18.7 Å². The van der Waals surface area contributed by atoms with Crippen LogP contribution in [-0.2, 0) is 5.60 Å². The average molecular weight is 149 g/mol. The van der Waals surface area contributed by atoms with E-state index in [2.05, 4.69) is 11.6 Å². The van der Waals surface area contributed by atoms with Gasteiger partial charge in [-0.05, 0) is 13.0 Å². The second-order valence-corrected chi connectivity index (χ2v) is 2.59. The van der Waals surface area contributed by atoms with E-state index in [1.54, 1.807) is 25.4 Å². The average Bonchev–Trinajstić information content (AvgIpc) is 2.06. The monoisotopic (exact) mass is 149 g/mol. The van der Waals surface area contributed by atoms with Crippen LogP contribution in [0.15, 0.2) is 37.2 Å². The fraction of sp³-hybridized carbons (Fsp3) is 0.222. The Morgan fingerprint density at radius 3 is 2.91 bits per heavy atom. The molecular weight excluding hydrogens is 138 g/mol. The van der Waals surface area contributed by atoms with Crippen LogP contribution in [0.4, 0.5) is 0 Å². The molecule has 2 heteroatoms. The zero-order chi connectivity index (χ0) is 8.32. The third kappa shape index (κ3) is 1.65. The van der Waals surface area contributed by atoms with E-state index in [1.165, 1.54) is 6.08 Å². The summed E-state index contributed by atoms with van der Waals surface area (Å²) in [4.78, 5) is 3.89. The quantitative estimate of drug-likeness (QED) is 0.646. The molecule has 1 aromatic heterocycles. The number of nitrogens with zero attached hydrogens (tertiary/aromatic N) is 1. The maximum Gasteiger partial charge on any atom is 0.106 e. The van der Waals surface area contributed by atoms with Gasteiger partial charge in [-0.15, -0.1) is 0 Å². The van der Waals surface area contributed by atoms with Crippen LogP contribution >= 0.6 is 0 Å². The molecule has 58 valence electrons. The lowest BCUT2D eigenvalue weighted by atomic mass is 9.98. The Hall–Kier alpha value is -1.15. The molecule has 1 atom stereocenters. The summed E-state index contributed by atoms with van der Waals surface area (Å²) in [6.07, 6.45) is 4.79. The summed E-state index contributed by atoms with van der Waals surface area (Å²) in [5.74, 6) is 0. The van der Waals surface area contributed by atoms with Gasteiger partial charge in [0.25, 0.3) is 0 Å². The third-order valence-corrected chi connectivity index (χ3v) is 1.64. The normalized spacial score (nSPS) is 15.5. The Bertz CT molecular complexity index is 241. The molecule has 0 amide bonds. The van der Waals surface area contributed by atoms with Crippen LogP contribution in [0.25, 0.3) is 0 Å². The molecule has 0 fully saturated rings. The molecule has 0 bridgehead atoms. The van der Waals surface area contributed by atoms with Crippen LogP contribution in [0.1, 0.15) is 12.5 Å². The molecule has 0 radical (unpaired) electrons. The molecule has 0 spiro atoms. The molecule has 11 heavy (non-hydrogen) atoms. The van der Waals surface area contributed by atoms with Crippen LogP contribution in [0.5, 0.6) is 0 Å². The van der Waals surface area contributed by atoms with Gasteiger partial charge in [-0.2, -0.15) is 0 Å². The Balaban J connectivity index is 3.02. The Morgan fingerprint density at radius 2 is 2.45 bits per heavy atom. The molecule has 0 aliphatic heterocycles. The van der Waals surface area contributed by atoms with E-state index < -0.39 is 5.60 Å².